The van der Waals surface area contributed by atoms with Gasteiger partial charge in [0.15, 0.2) is 0 Å². The maximum absolute atomic E-state index is 14.7. The third kappa shape index (κ3) is 5.72. The van der Waals surface area contributed by atoms with Gasteiger partial charge in [0.1, 0.15) is 17.3 Å². The number of quaternary nitrogens is 2. The molecular weight excluding hydrogens is 534 g/mol. The number of nitrogens with one attached hydrogen (secondary N) is 2. The number of thiazole rings is 1. The molecule has 8 nitrogen and oxygen atoms in total. The second-order valence-electron chi connectivity index (χ2n) is 11.9. The van der Waals surface area contributed by atoms with Gasteiger partial charge in [-0.2, -0.15) is 0 Å². The number of aromatic nitrogens is 1. The topological polar surface area (TPSA) is 85.0 Å². The van der Waals surface area contributed by atoms with Gasteiger partial charge in [-0.1, -0.05) is 55.8 Å². The Kier molecular flexibility index (Phi) is 8.97. The Morgan fingerprint density at radius 2 is 1.98 bits per heavy atom. The van der Waals surface area contributed by atoms with Gasteiger partial charge in [-0.15, -0.1) is 4.98 Å². The molecule has 2 aromatic rings. The van der Waals surface area contributed by atoms with Crippen molar-refractivity contribution in [1.82, 2.24) is 9.80 Å². The molecule has 1 aromatic heterocycles. The average Bonchev–Trinajstić information content (AvgIpc) is 3.59. The van der Waals surface area contributed by atoms with Gasteiger partial charge in [-0.25, -0.2) is 9.69 Å². The Hall–Kier alpha value is -3.01. The molecule has 3 aliphatic heterocycles. The monoisotopic (exact) mass is 580 g/mol. The SMILES string of the molecule is CCC(=CC1CC(c2ccccc2)CCN1C(=O)C1C[NH2+]CC12C=CN(C(=O)OC)Cc1[nH+]c([NH+](C)C)sc12)CC. The second-order valence-corrected chi connectivity index (χ2v) is 12.9. The molecule has 3 aliphatic rings. The van der Waals surface area contributed by atoms with E-state index in [4.69, 9.17) is 4.74 Å². The summed E-state index contributed by atoms with van der Waals surface area (Å²) >= 11 is 1.73. The van der Waals surface area contributed by atoms with Crippen molar-refractivity contribution in [1.29, 1.82) is 0 Å². The molecule has 4 atom stereocenters. The minimum atomic E-state index is -0.493. The summed E-state index contributed by atoms with van der Waals surface area (Å²) in [4.78, 5) is 37.1. The Morgan fingerprint density at radius 1 is 1.22 bits per heavy atom. The van der Waals surface area contributed by atoms with Gasteiger partial charge in [0.05, 0.1) is 45.8 Å². The Balaban J connectivity index is 1.52. The van der Waals surface area contributed by atoms with Crippen LogP contribution in [0.4, 0.5) is 9.93 Å². The minimum Gasteiger partial charge on any atom is -0.452 e. The number of nitrogens with zero attached hydrogens (tertiary/aromatic N) is 2. The molecule has 4 N–H and O–H groups in total. The predicted octanol–water partition coefficient (Wildman–Crippen LogP) is 2.39. The van der Waals surface area contributed by atoms with Crippen LogP contribution in [-0.2, 0) is 21.5 Å². The Morgan fingerprint density at radius 3 is 2.66 bits per heavy atom. The van der Waals surface area contributed by atoms with Crippen molar-refractivity contribution in [3.05, 3.63) is 70.4 Å². The summed E-state index contributed by atoms with van der Waals surface area (Å²) in [6, 6.07) is 10.8. The van der Waals surface area contributed by atoms with E-state index in [1.54, 1.807) is 16.2 Å². The lowest BCUT2D eigenvalue weighted by atomic mass is 9.74. The van der Waals surface area contributed by atoms with Crippen LogP contribution >= 0.6 is 11.3 Å². The Bertz CT molecular complexity index is 1300. The normalized spacial score (nSPS) is 25.8. The summed E-state index contributed by atoms with van der Waals surface area (Å²) in [5, 5.41) is 3.37. The molecule has 1 aromatic carbocycles. The lowest BCUT2D eigenvalue weighted by molar-refractivity contribution is -0.823. The molecular formula is C32H46N5O3S+3. The zero-order valence-corrected chi connectivity index (χ0v) is 25.9. The zero-order chi connectivity index (χ0) is 29.1. The number of allylic oxidation sites excluding steroid dienone is 1. The van der Waals surface area contributed by atoms with Gasteiger partial charge >= 0.3 is 11.2 Å². The molecule has 0 radical (unpaired) electrons. The number of nitrogens with two attached hydrogens (primary N) is 1. The van der Waals surface area contributed by atoms with Crippen LogP contribution in [0.25, 0.3) is 0 Å². The van der Waals surface area contributed by atoms with Gasteiger partial charge in [-0.3, -0.25) is 9.69 Å². The molecule has 2 saturated heterocycles. The Labute approximate surface area is 248 Å². The third-order valence-corrected chi connectivity index (χ3v) is 10.8. The molecule has 2 fully saturated rings. The number of rotatable bonds is 6. The molecule has 220 valence electrons. The molecule has 0 saturated carbocycles. The lowest BCUT2D eigenvalue weighted by Gasteiger charge is -2.41. The number of likely N-dealkylation sites (tertiary alicyclic amines) is 1. The van der Waals surface area contributed by atoms with Crippen LogP contribution in [0.3, 0.4) is 0 Å². The third-order valence-electron chi connectivity index (χ3n) is 9.25. The number of hydrogen-bond acceptors (Lipinski definition) is 4. The first kappa shape index (κ1) is 29.5. The maximum atomic E-state index is 14.7. The molecule has 5 rings (SSSR count). The number of ether oxygens (including phenoxy) is 1. The summed E-state index contributed by atoms with van der Waals surface area (Å²) in [6.07, 6.45) is 9.87. The first-order valence-electron chi connectivity index (χ1n) is 15.1. The van der Waals surface area contributed by atoms with Crippen molar-refractivity contribution in [3.8, 4) is 0 Å². The standard InChI is InChI=1S/C32H43N5O3S/c1-6-22(7-2)17-25-18-24(23-11-9-8-10-12-23)13-15-37(25)29(38)26-19-33-21-32(26)14-16-36(31(39)40-5)20-27-28(32)41-30(34-27)35(3)4/h8-12,14,16-17,24-26,33H,6-7,13,15,18-21H2,1-5H3/p+3. The fraction of sp³-hybridized carbons (Fsp3) is 0.531. The van der Waals surface area contributed by atoms with E-state index in [0.717, 1.165) is 61.0 Å². The van der Waals surface area contributed by atoms with Crippen molar-refractivity contribution < 1.29 is 29.5 Å². The van der Waals surface area contributed by atoms with E-state index >= 15 is 0 Å². The van der Waals surface area contributed by atoms with E-state index in [2.05, 4.69) is 85.6 Å². The second kappa shape index (κ2) is 12.5. The highest BCUT2D eigenvalue weighted by atomic mass is 32.1. The highest BCUT2D eigenvalue weighted by Gasteiger charge is 2.56. The van der Waals surface area contributed by atoms with E-state index in [1.807, 2.05) is 6.20 Å². The molecule has 4 heterocycles. The maximum Gasteiger partial charge on any atom is 0.426 e. The van der Waals surface area contributed by atoms with Crippen molar-refractivity contribution in [2.24, 2.45) is 5.92 Å². The fourth-order valence-electron chi connectivity index (χ4n) is 6.87. The summed E-state index contributed by atoms with van der Waals surface area (Å²) in [7, 11) is 5.60. The minimum absolute atomic E-state index is 0.0754. The van der Waals surface area contributed by atoms with Crippen LogP contribution in [0.1, 0.15) is 61.6 Å². The number of carbonyl (C=O) groups excluding carboxylic acids is 2. The highest BCUT2D eigenvalue weighted by Crippen LogP contribution is 2.44. The van der Waals surface area contributed by atoms with Crippen LogP contribution in [0.5, 0.6) is 0 Å². The first-order chi connectivity index (χ1) is 19.8. The van der Waals surface area contributed by atoms with E-state index < -0.39 is 11.5 Å². The smallest absolute Gasteiger partial charge is 0.426 e. The number of hydrogen-bond donors (Lipinski definition) is 2. The van der Waals surface area contributed by atoms with Crippen molar-refractivity contribution >= 4 is 28.5 Å². The lowest BCUT2D eigenvalue weighted by Crippen LogP contribution is -3.01. The van der Waals surface area contributed by atoms with E-state index in [-0.39, 0.29) is 17.9 Å². The molecule has 1 spiro atoms. The number of benzene rings is 1. The van der Waals surface area contributed by atoms with Crippen molar-refractivity contribution in [2.75, 3.05) is 40.8 Å². The van der Waals surface area contributed by atoms with Crippen LogP contribution in [0.2, 0.25) is 0 Å². The fourth-order valence-corrected chi connectivity index (χ4v) is 8.18. The van der Waals surface area contributed by atoms with E-state index in [0.29, 0.717) is 12.5 Å². The summed E-state index contributed by atoms with van der Waals surface area (Å²) in [5.74, 6) is 0.450. The van der Waals surface area contributed by atoms with Crippen LogP contribution in [0, 0.1) is 5.92 Å². The predicted molar refractivity (Wildman–Crippen MR) is 160 cm³/mol. The molecule has 0 aliphatic carbocycles. The molecule has 2 amide bonds. The number of H-pyrrole nitrogens is 1. The van der Waals surface area contributed by atoms with Crippen LogP contribution < -0.4 is 15.2 Å². The quantitative estimate of drug-likeness (QED) is 0.515. The molecule has 41 heavy (non-hydrogen) atoms. The van der Waals surface area contributed by atoms with E-state index in [9.17, 15) is 9.59 Å². The van der Waals surface area contributed by atoms with Gasteiger partial charge < -0.3 is 15.0 Å². The average molecular weight is 581 g/mol. The summed E-state index contributed by atoms with van der Waals surface area (Å²) in [5.41, 5.74) is 3.27. The van der Waals surface area contributed by atoms with Gasteiger partial charge in [0, 0.05) is 12.7 Å². The van der Waals surface area contributed by atoms with Gasteiger partial charge in [-0.05, 0) is 54.6 Å². The molecule has 4 unspecified atom stereocenters. The largest absolute Gasteiger partial charge is 0.452 e. The number of fused-ring (bicyclic) bond motifs is 2. The van der Waals surface area contributed by atoms with Gasteiger partial charge in [0.2, 0.25) is 11.6 Å². The van der Waals surface area contributed by atoms with Crippen LogP contribution in [0.15, 0.2) is 54.3 Å². The van der Waals surface area contributed by atoms with E-state index in [1.165, 1.54) is 23.1 Å². The number of methoxy groups -OCH3 is 1. The highest BCUT2D eigenvalue weighted by molar-refractivity contribution is 7.14. The number of carbonyl (C=O) groups is 2. The summed E-state index contributed by atoms with van der Waals surface area (Å²) in [6.45, 7) is 7.07. The first-order valence-corrected chi connectivity index (χ1v) is 15.9. The number of amides is 2. The molecule has 9 heteroatoms. The zero-order valence-electron chi connectivity index (χ0n) is 25.1. The van der Waals surface area contributed by atoms with Crippen molar-refractivity contribution in [2.45, 2.75) is 63.5 Å². The van der Waals surface area contributed by atoms with Gasteiger partial charge in [0.25, 0.3) is 0 Å². The number of piperidine rings is 1. The summed E-state index contributed by atoms with van der Waals surface area (Å²) < 4.78 is 5.08. The molecule has 0 bridgehead atoms. The number of aromatic amines is 1. The van der Waals surface area contributed by atoms with Crippen LogP contribution in [-0.4, -0.2) is 68.7 Å². The van der Waals surface area contributed by atoms with Crippen molar-refractivity contribution in [3.63, 3.8) is 0 Å².